The number of aryl methyl sites for hydroxylation is 1. The first-order valence-electron chi connectivity index (χ1n) is 11.6. The van der Waals surface area contributed by atoms with E-state index in [1.54, 1.807) is 6.07 Å². The second-order valence-electron chi connectivity index (χ2n) is 8.86. The van der Waals surface area contributed by atoms with Gasteiger partial charge < -0.3 is 14.2 Å². The molecule has 9 nitrogen and oxygen atoms in total. The van der Waals surface area contributed by atoms with Crippen molar-refractivity contribution in [3.63, 3.8) is 0 Å². The molecule has 2 aliphatic rings. The smallest absolute Gasteiger partial charge is 0.296 e. The summed E-state index contributed by atoms with van der Waals surface area (Å²) in [5, 5.41) is 12.1. The van der Waals surface area contributed by atoms with Crippen LogP contribution in [0.25, 0.3) is 11.1 Å². The molecule has 1 spiro atoms. The Balaban J connectivity index is 1.29. The number of hydrogen-bond acceptors (Lipinski definition) is 9. The summed E-state index contributed by atoms with van der Waals surface area (Å²) in [4.78, 5) is 21.6. The highest BCUT2D eigenvalue weighted by Gasteiger charge is 2.39. The van der Waals surface area contributed by atoms with Crippen LogP contribution in [0.3, 0.4) is 0 Å². The molecule has 35 heavy (non-hydrogen) atoms. The number of nitrogens with zero attached hydrogens (tertiary/aromatic N) is 4. The summed E-state index contributed by atoms with van der Waals surface area (Å²) >= 11 is 7.33. The molecule has 184 valence electrons. The van der Waals surface area contributed by atoms with Crippen LogP contribution >= 0.6 is 22.9 Å². The molecule has 0 aromatic carbocycles. The molecule has 3 aromatic heterocycles. The predicted molar refractivity (Wildman–Crippen MR) is 132 cm³/mol. The van der Waals surface area contributed by atoms with Crippen LogP contribution in [-0.4, -0.2) is 51.5 Å². The fourth-order valence-corrected chi connectivity index (χ4v) is 5.57. The van der Waals surface area contributed by atoms with Gasteiger partial charge in [0.25, 0.3) is 11.1 Å². The summed E-state index contributed by atoms with van der Waals surface area (Å²) in [6, 6.07) is 3.47. The average Bonchev–Trinajstić information content (AvgIpc) is 3.50. The molecule has 0 atom stereocenters. The lowest BCUT2D eigenvalue weighted by atomic mass is 9.81. The largest absolute Gasteiger partial charge is 0.494 e. The third-order valence-corrected chi connectivity index (χ3v) is 7.49. The van der Waals surface area contributed by atoms with Gasteiger partial charge in [0.1, 0.15) is 17.0 Å². The second-order valence-corrected chi connectivity index (χ2v) is 10.2. The van der Waals surface area contributed by atoms with Gasteiger partial charge in [0.2, 0.25) is 5.13 Å². The molecule has 1 saturated carbocycles. The number of carbonyl (C=O) groups is 1. The first-order valence-corrected chi connectivity index (χ1v) is 12.8. The summed E-state index contributed by atoms with van der Waals surface area (Å²) < 4.78 is 17.5. The molecule has 4 heterocycles. The lowest BCUT2D eigenvalue weighted by molar-refractivity contribution is -0.0464. The van der Waals surface area contributed by atoms with Gasteiger partial charge in [-0.25, -0.2) is 4.98 Å². The Hall–Kier alpha value is -2.82. The van der Waals surface area contributed by atoms with E-state index in [9.17, 15) is 4.79 Å². The van der Waals surface area contributed by atoms with E-state index in [4.69, 9.17) is 25.8 Å². The van der Waals surface area contributed by atoms with E-state index >= 15 is 0 Å². The molecule has 1 amide bonds. The Morgan fingerprint density at radius 1 is 1.17 bits per heavy atom. The van der Waals surface area contributed by atoms with Crippen LogP contribution in [-0.2, 0) is 4.74 Å². The van der Waals surface area contributed by atoms with Gasteiger partial charge in [-0.1, -0.05) is 16.7 Å². The SMILES string of the molecule is COc1cnc(Cl)cc1-c1cc(C)ncc1C(=O)Nc1nnc(O[C@H]2CC[C@@]3(CCCO3)CC2)s1. The van der Waals surface area contributed by atoms with Gasteiger partial charge in [-0.05, 0) is 68.9 Å². The number of nitrogens with one attached hydrogen (secondary N) is 1. The summed E-state index contributed by atoms with van der Waals surface area (Å²) in [5.41, 5.74) is 2.42. The van der Waals surface area contributed by atoms with E-state index in [1.165, 1.54) is 30.8 Å². The van der Waals surface area contributed by atoms with Crippen LogP contribution in [0.5, 0.6) is 10.9 Å². The highest BCUT2D eigenvalue weighted by atomic mass is 35.5. The molecule has 1 saturated heterocycles. The quantitative estimate of drug-likeness (QED) is 0.452. The number of amides is 1. The van der Waals surface area contributed by atoms with Crippen molar-refractivity contribution in [1.82, 2.24) is 20.2 Å². The van der Waals surface area contributed by atoms with E-state index in [1.807, 2.05) is 13.0 Å². The van der Waals surface area contributed by atoms with Gasteiger partial charge >= 0.3 is 0 Å². The molecule has 1 aliphatic carbocycles. The molecule has 11 heteroatoms. The molecule has 3 aromatic rings. The van der Waals surface area contributed by atoms with E-state index in [-0.39, 0.29) is 17.6 Å². The second kappa shape index (κ2) is 10.0. The highest BCUT2D eigenvalue weighted by Crippen LogP contribution is 2.41. The Kier molecular flexibility index (Phi) is 6.86. The Morgan fingerprint density at radius 3 is 2.74 bits per heavy atom. The van der Waals surface area contributed by atoms with Crippen molar-refractivity contribution in [2.24, 2.45) is 0 Å². The number of hydrogen-bond donors (Lipinski definition) is 1. The topological polar surface area (TPSA) is 108 Å². The molecule has 1 aliphatic heterocycles. The van der Waals surface area contributed by atoms with E-state index in [2.05, 4.69) is 25.5 Å². The Labute approximate surface area is 212 Å². The maximum Gasteiger partial charge on any atom is 0.296 e. The summed E-state index contributed by atoms with van der Waals surface area (Å²) in [6.45, 7) is 2.71. The lowest BCUT2D eigenvalue weighted by Gasteiger charge is -2.35. The molecular weight excluding hydrogens is 490 g/mol. The van der Waals surface area contributed by atoms with Gasteiger partial charge in [0.15, 0.2) is 0 Å². The minimum atomic E-state index is -0.372. The van der Waals surface area contributed by atoms with Crippen LogP contribution in [0.15, 0.2) is 24.5 Å². The maximum atomic E-state index is 13.2. The van der Waals surface area contributed by atoms with Crippen molar-refractivity contribution in [2.75, 3.05) is 19.0 Å². The first kappa shape index (κ1) is 23.9. The van der Waals surface area contributed by atoms with Crippen molar-refractivity contribution in [3.8, 4) is 22.1 Å². The predicted octanol–water partition coefficient (Wildman–Crippen LogP) is 5.09. The zero-order valence-electron chi connectivity index (χ0n) is 19.5. The van der Waals surface area contributed by atoms with Gasteiger partial charge in [0.05, 0.1) is 24.5 Å². The third kappa shape index (κ3) is 5.24. The molecule has 5 rings (SSSR count). The normalized spacial score (nSPS) is 21.7. The zero-order valence-corrected chi connectivity index (χ0v) is 21.1. The Bertz CT molecular complexity index is 1220. The fraction of sp³-hybridized carbons (Fsp3) is 0.458. The summed E-state index contributed by atoms with van der Waals surface area (Å²) in [6.07, 6.45) is 9.28. The third-order valence-electron chi connectivity index (χ3n) is 6.55. The number of pyridine rings is 2. The monoisotopic (exact) mass is 515 g/mol. The van der Waals surface area contributed by atoms with Crippen molar-refractivity contribution >= 4 is 34.0 Å². The minimum Gasteiger partial charge on any atom is -0.494 e. The number of rotatable bonds is 6. The van der Waals surface area contributed by atoms with E-state index < -0.39 is 0 Å². The molecule has 0 bridgehead atoms. The van der Waals surface area contributed by atoms with Crippen molar-refractivity contribution in [1.29, 1.82) is 0 Å². The van der Waals surface area contributed by atoms with E-state index in [0.717, 1.165) is 50.8 Å². The van der Waals surface area contributed by atoms with Crippen molar-refractivity contribution in [3.05, 3.63) is 40.9 Å². The van der Waals surface area contributed by atoms with Crippen LogP contribution < -0.4 is 14.8 Å². The first-order chi connectivity index (χ1) is 16.9. The average molecular weight is 516 g/mol. The molecule has 1 N–H and O–H groups in total. The Morgan fingerprint density at radius 2 is 2.00 bits per heavy atom. The minimum absolute atomic E-state index is 0.0572. The van der Waals surface area contributed by atoms with Crippen LogP contribution in [0.4, 0.5) is 5.13 Å². The number of anilines is 1. The molecular formula is C24H26ClN5O4S. The van der Waals surface area contributed by atoms with Gasteiger partial charge in [0, 0.05) is 29.6 Å². The number of carbonyl (C=O) groups excluding carboxylic acids is 1. The van der Waals surface area contributed by atoms with Gasteiger partial charge in [-0.2, -0.15) is 0 Å². The molecule has 0 unspecified atom stereocenters. The lowest BCUT2D eigenvalue weighted by Crippen LogP contribution is -2.37. The van der Waals surface area contributed by atoms with Crippen molar-refractivity contribution < 1.29 is 19.0 Å². The molecule has 2 fully saturated rings. The summed E-state index contributed by atoms with van der Waals surface area (Å²) in [5.74, 6) is 0.126. The standard InChI is InChI=1S/C24H26ClN5O4S/c1-14-10-16(17-11-20(25)27-13-19(17)32-2)18(12-26-14)21(31)28-22-29-30-23(35-22)34-15-4-7-24(8-5-15)6-3-9-33-24/h10-13,15H,3-9H2,1-2H3,(H,28,29,31)/t15-,24-. The van der Waals surface area contributed by atoms with Gasteiger partial charge in [-0.15, -0.1) is 5.10 Å². The number of aromatic nitrogens is 4. The maximum absolute atomic E-state index is 13.2. The van der Waals surface area contributed by atoms with Crippen molar-refractivity contribution in [2.45, 2.75) is 57.2 Å². The number of methoxy groups -OCH3 is 1. The zero-order chi connectivity index (χ0) is 24.4. The van der Waals surface area contributed by atoms with Gasteiger partial charge in [-0.3, -0.25) is 15.1 Å². The fourth-order valence-electron chi connectivity index (χ4n) is 4.75. The molecule has 0 radical (unpaired) electrons. The number of halogens is 1. The van der Waals surface area contributed by atoms with Crippen LogP contribution in [0.1, 0.15) is 54.6 Å². The van der Waals surface area contributed by atoms with E-state index in [0.29, 0.717) is 37.9 Å². The van der Waals surface area contributed by atoms with Crippen LogP contribution in [0, 0.1) is 6.92 Å². The number of ether oxygens (including phenoxy) is 3. The highest BCUT2D eigenvalue weighted by molar-refractivity contribution is 7.17. The summed E-state index contributed by atoms with van der Waals surface area (Å²) in [7, 11) is 1.54. The van der Waals surface area contributed by atoms with Crippen LogP contribution in [0.2, 0.25) is 5.15 Å².